The number of aromatic nitrogens is 4. The SMILES string of the molecule is CC(C)C(C)(c1ccc(-c2cnc(N)nc2)cc1)c1ccn[nH]1. The van der Waals surface area contributed by atoms with Gasteiger partial charge in [0.1, 0.15) is 0 Å². The Morgan fingerprint density at radius 2 is 1.65 bits per heavy atom. The van der Waals surface area contributed by atoms with Crippen molar-refractivity contribution in [2.45, 2.75) is 26.2 Å². The summed E-state index contributed by atoms with van der Waals surface area (Å²) < 4.78 is 0. The fourth-order valence-corrected chi connectivity index (χ4v) is 2.84. The molecule has 0 aliphatic carbocycles. The van der Waals surface area contributed by atoms with Gasteiger partial charge in [-0.05, 0) is 30.0 Å². The van der Waals surface area contributed by atoms with Crippen molar-refractivity contribution in [1.82, 2.24) is 20.2 Å². The summed E-state index contributed by atoms with van der Waals surface area (Å²) in [6.07, 6.45) is 5.29. The lowest BCUT2D eigenvalue weighted by Gasteiger charge is -2.33. The second kappa shape index (κ2) is 5.83. The van der Waals surface area contributed by atoms with E-state index in [1.165, 1.54) is 5.56 Å². The molecule has 0 aliphatic rings. The summed E-state index contributed by atoms with van der Waals surface area (Å²) >= 11 is 0. The fourth-order valence-electron chi connectivity index (χ4n) is 2.84. The maximum absolute atomic E-state index is 5.54. The predicted octanol–water partition coefficient (Wildman–Crippen LogP) is 3.41. The van der Waals surface area contributed by atoms with Crippen LogP contribution in [-0.2, 0) is 5.41 Å². The van der Waals surface area contributed by atoms with Crippen LogP contribution in [0.25, 0.3) is 11.1 Å². The lowest BCUT2D eigenvalue weighted by atomic mass is 9.71. The van der Waals surface area contributed by atoms with Gasteiger partial charge in [0, 0.05) is 35.3 Å². The summed E-state index contributed by atoms with van der Waals surface area (Å²) in [5.41, 5.74) is 9.82. The molecule has 1 atom stereocenters. The van der Waals surface area contributed by atoms with Crippen molar-refractivity contribution in [3.63, 3.8) is 0 Å². The Morgan fingerprint density at radius 1 is 1.00 bits per heavy atom. The van der Waals surface area contributed by atoms with Crippen LogP contribution in [0.5, 0.6) is 0 Å². The van der Waals surface area contributed by atoms with Crippen LogP contribution in [0, 0.1) is 5.92 Å². The number of rotatable bonds is 4. The van der Waals surface area contributed by atoms with Crippen LogP contribution in [0.2, 0.25) is 0 Å². The van der Waals surface area contributed by atoms with E-state index >= 15 is 0 Å². The van der Waals surface area contributed by atoms with Gasteiger partial charge in [0.15, 0.2) is 0 Å². The summed E-state index contributed by atoms with van der Waals surface area (Å²) in [5.74, 6) is 0.714. The number of nitrogens with zero attached hydrogens (tertiary/aromatic N) is 3. The normalized spacial score (nSPS) is 13.9. The van der Waals surface area contributed by atoms with Gasteiger partial charge >= 0.3 is 0 Å². The van der Waals surface area contributed by atoms with Crippen LogP contribution in [0.1, 0.15) is 32.0 Å². The van der Waals surface area contributed by atoms with Gasteiger partial charge in [-0.3, -0.25) is 5.10 Å². The molecule has 0 saturated carbocycles. The Kier molecular flexibility index (Phi) is 3.86. The maximum atomic E-state index is 5.54. The highest BCUT2D eigenvalue weighted by molar-refractivity contribution is 5.62. The second-order valence-corrected chi connectivity index (χ2v) is 6.23. The van der Waals surface area contributed by atoms with Crippen molar-refractivity contribution in [3.8, 4) is 11.1 Å². The monoisotopic (exact) mass is 307 g/mol. The van der Waals surface area contributed by atoms with Crippen LogP contribution in [0.15, 0.2) is 48.9 Å². The van der Waals surface area contributed by atoms with E-state index in [0.717, 1.165) is 16.8 Å². The van der Waals surface area contributed by atoms with Gasteiger partial charge in [-0.15, -0.1) is 0 Å². The molecular weight excluding hydrogens is 286 g/mol. The molecule has 0 aliphatic heterocycles. The third-order valence-corrected chi connectivity index (χ3v) is 4.70. The van der Waals surface area contributed by atoms with E-state index in [9.17, 15) is 0 Å². The van der Waals surface area contributed by atoms with Crippen molar-refractivity contribution in [2.24, 2.45) is 5.92 Å². The van der Waals surface area contributed by atoms with Crippen molar-refractivity contribution in [3.05, 3.63) is 60.2 Å². The molecule has 0 spiro atoms. The van der Waals surface area contributed by atoms with Crippen molar-refractivity contribution >= 4 is 5.95 Å². The minimum Gasteiger partial charge on any atom is -0.368 e. The van der Waals surface area contributed by atoms with Crippen molar-refractivity contribution in [1.29, 1.82) is 0 Å². The lowest BCUT2D eigenvalue weighted by molar-refractivity contribution is 0.394. The van der Waals surface area contributed by atoms with Crippen molar-refractivity contribution in [2.75, 3.05) is 5.73 Å². The number of nitrogens with one attached hydrogen (secondary N) is 1. The number of benzene rings is 1. The minimum absolute atomic E-state index is 0.118. The highest BCUT2D eigenvalue weighted by Crippen LogP contribution is 2.38. The van der Waals surface area contributed by atoms with E-state index in [1.54, 1.807) is 18.6 Å². The number of anilines is 1. The van der Waals surface area contributed by atoms with E-state index in [1.807, 2.05) is 6.07 Å². The number of aromatic amines is 1. The highest BCUT2D eigenvalue weighted by atomic mass is 15.1. The Bertz CT molecular complexity index is 760. The topological polar surface area (TPSA) is 80.5 Å². The largest absolute Gasteiger partial charge is 0.368 e. The average molecular weight is 307 g/mol. The summed E-state index contributed by atoms with van der Waals surface area (Å²) in [6, 6.07) is 10.6. The molecule has 2 heterocycles. The first kappa shape index (κ1) is 15.2. The molecule has 1 unspecified atom stereocenters. The number of hydrogen-bond acceptors (Lipinski definition) is 4. The van der Waals surface area contributed by atoms with Gasteiger partial charge in [-0.2, -0.15) is 5.10 Å². The van der Waals surface area contributed by atoms with Gasteiger partial charge in [0.25, 0.3) is 0 Å². The quantitative estimate of drug-likeness (QED) is 0.774. The Labute approximate surface area is 136 Å². The molecule has 3 N–H and O–H groups in total. The molecule has 5 nitrogen and oxygen atoms in total. The number of hydrogen-bond donors (Lipinski definition) is 2. The zero-order chi connectivity index (χ0) is 16.4. The summed E-state index contributed by atoms with van der Waals surface area (Å²) in [4.78, 5) is 8.10. The van der Waals surface area contributed by atoms with Crippen LogP contribution in [0.3, 0.4) is 0 Å². The maximum Gasteiger partial charge on any atom is 0.219 e. The van der Waals surface area contributed by atoms with Crippen LogP contribution in [0.4, 0.5) is 5.95 Å². The van der Waals surface area contributed by atoms with Crippen LogP contribution >= 0.6 is 0 Å². The molecule has 2 aromatic heterocycles. The van der Waals surface area contributed by atoms with Gasteiger partial charge < -0.3 is 5.73 Å². The Morgan fingerprint density at radius 3 is 2.17 bits per heavy atom. The van der Waals surface area contributed by atoms with Gasteiger partial charge in [0.2, 0.25) is 5.95 Å². The zero-order valence-corrected chi connectivity index (χ0v) is 13.6. The van der Waals surface area contributed by atoms with E-state index in [0.29, 0.717) is 5.92 Å². The molecule has 1 aromatic carbocycles. The van der Waals surface area contributed by atoms with E-state index in [-0.39, 0.29) is 11.4 Å². The molecule has 23 heavy (non-hydrogen) atoms. The van der Waals surface area contributed by atoms with Crippen molar-refractivity contribution < 1.29 is 0 Å². The predicted molar refractivity (Wildman–Crippen MR) is 91.8 cm³/mol. The van der Waals surface area contributed by atoms with Crippen LogP contribution < -0.4 is 5.73 Å². The smallest absolute Gasteiger partial charge is 0.219 e. The van der Waals surface area contributed by atoms with Crippen LogP contribution in [-0.4, -0.2) is 20.2 Å². The molecule has 3 rings (SSSR count). The first-order valence-corrected chi connectivity index (χ1v) is 7.70. The Balaban J connectivity index is 1.99. The molecule has 5 heteroatoms. The van der Waals surface area contributed by atoms with Gasteiger partial charge in [-0.25, -0.2) is 9.97 Å². The first-order chi connectivity index (χ1) is 11.0. The first-order valence-electron chi connectivity index (χ1n) is 7.70. The molecular formula is C18H21N5. The number of nitrogen functional groups attached to an aromatic ring is 1. The Hall–Kier alpha value is -2.69. The molecule has 0 fully saturated rings. The molecule has 3 aromatic rings. The summed E-state index contributed by atoms with van der Waals surface area (Å²) in [6.45, 7) is 6.69. The standard InChI is InChI=1S/C18H21N5/c1-12(2)18(3,16-8-9-22-23-16)15-6-4-13(5-7-15)14-10-20-17(19)21-11-14/h4-12H,1-3H3,(H,22,23)(H2,19,20,21). The molecule has 0 bridgehead atoms. The third kappa shape index (κ3) is 2.70. The molecule has 0 radical (unpaired) electrons. The zero-order valence-electron chi connectivity index (χ0n) is 13.6. The fraction of sp³-hybridized carbons (Fsp3) is 0.278. The van der Waals surface area contributed by atoms with Gasteiger partial charge in [-0.1, -0.05) is 38.1 Å². The highest BCUT2D eigenvalue weighted by Gasteiger charge is 2.33. The second-order valence-electron chi connectivity index (χ2n) is 6.23. The minimum atomic E-state index is -0.118. The van der Waals surface area contributed by atoms with E-state index < -0.39 is 0 Å². The molecule has 118 valence electrons. The molecule has 0 amide bonds. The van der Waals surface area contributed by atoms with E-state index in [4.69, 9.17) is 5.73 Å². The summed E-state index contributed by atoms with van der Waals surface area (Å²) in [5, 5.41) is 7.24. The average Bonchev–Trinajstić information content (AvgIpc) is 3.10. The van der Waals surface area contributed by atoms with Gasteiger partial charge in [0.05, 0.1) is 0 Å². The van der Waals surface area contributed by atoms with E-state index in [2.05, 4.69) is 65.2 Å². The number of nitrogens with two attached hydrogens (primary N) is 1. The number of H-pyrrole nitrogens is 1. The third-order valence-electron chi connectivity index (χ3n) is 4.70. The lowest BCUT2D eigenvalue weighted by Crippen LogP contribution is -2.30. The molecule has 0 saturated heterocycles. The summed E-state index contributed by atoms with van der Waals surface area (Å²) in [7, 11) is 0.